The summed E-state index contributed by atoms with van der Waals surface area (Å²) in [4.78, 5) is 13.5. The topological polar surface area (TPSA) is 72.7 Å². The van der Waals surface area contributed by atoms with Gasteiger partial charge < -0.3 is 5.32 Å². The highest BCUT2D eigenvalue weighted by atomic mass is 19.1. The number of aromatic nitrogens is 4. The minimum atomic E-state index is -0.571. The van der Waals surface area contributed by atoms with Gasteiger partial charge in [0.1, 0.15) is 11.9 Å². The van der Waals surface area contributed by atoms with E-state index in [1.165, 1.54) is 16.9 Å². The van der Waals surface area contributed by atoms with Crippen molar-refractivity contribution in [2.24, 2.45) is 0 Å². The second-order valence-corrected chi connectivity index (χ2v) is 5.64. The van der Waals surface area contributed by atoms with Crippen LogP contribution in [0.5, 0.6) is 0 Å². The van der Waals surface area contributed by atoms with E-state index in [4.69, 9.17) is 0 Å². The Bertz CT molecular complexity index is 832. The first-order valence-electron chi connectivity index (χ1n) is 8.00. The predicted octanol–water partition coefficient (Wildman–Crippen LogP) is 2.40. The largest absolute Gasteiger partial charge is 0.354 e. The summed E-state index contributed by atoms with van der Waals surface area (Å²) < 4.78 is 12.9. The fraction of sp³-hybridized carbons (Fsp3) is 0.222. The number of rotatable bonds is 6. The summed E-state index contributed by atoms with van der Waals surface area (Å²) in [6.07, 6.45) is 0.624. The van der Waals surface area contributed by atoms with E-state index in [0.717, 1.165) is 11.1 Å². The average molecular weight is 339 g/mol. The van der Waals surface area contributed by atoms with Crippen molar-refractivity contribution in [1.29, 1.82) is 0 Å². The summed E-state index contributed by atoms with van der Waals surface area (Å²) in [7, 11) is 0. The highest BCUT2D eigenvalue weighted by Crippen LogP contribution is 2.13. The number of halogens is 1. The zero-order valence-corrected chi connectivity index (χ0v) is 13.8. The fourth-order valence-electron chi connectivity index (χ4n) is 2.33. The molecule has 0 saturated carbocycles. The first-order valence-corrected chi connectivity index (χ1v) is 8.00. The molecule has 0 bridgehead atoms. The first kappa shape index (κ1) is 16.8. The number of carbonyl (C=O) groups is 1. The van der Waals surface area contributed by atoms with Gasteiger partial charge in [-0.3, -0.25) is 4.79 Å². The van der Waals surface area contributed by atoms with Crippen molar-refractivity contribution in [3.05, 3.63) is 66.0 Å². The van der Waals surface area contributed by atoms with Crippen molar-refractivity contribution in [1.82, 2.24) is 25.5 Å². The molecule has 2 aromatic carbocycles. The van der Waals surface area contributed by atoms with Crippen LogP contribution in [0.2, 0.25) is 0 Å². The Morgan fingerprint density at radius 2 is 1.88 bits per heavy atom. The van der Waals surface area contributed by atoms with Crippen molar-refractivity contribution < 1.29 is 9.18 Å². The molecular formula is C18H18FN5O. The number of amides is 1. The van der Waals surface area contributed by atoms with Crippen LogP contribution in [0.15, 0.2) is 54.6 Å². The van der Waals surface area contributed by atoms with E-state index in [1.54, 1.807) is 19.1 Å². The lowest BCUT2D eigenvalue weighted by Crippen LogP contribution is -2.33. The lowest BCUT2D eigenvalue weighted by molar-refractivity contribution is -0.124. The summed E-state index contributed by atoms with van der Waals surface area (Å²) in [6.45, 7) is 2.17. The van der Waals surface area contributed by atoms with Gasteiger partial charge in [-0.05, 0) is 36.3 Å². The molecule has 0 spiro atoms. The Morgan fingerprint density at radius 1 is 1.16 bits per heavy atom. The number of benzene rings is 2. The molecule has 0 fully saturated rings. The molecule has 0 aliphatic heterocycles. The number of nitrogens with zero attached hydrogens (tertiary/aromatic N) is 4. The third-order valence-corrected chi connectivity index (χ3v) is 3.81. The Kier molecular flexibility index (Phi) is 5.13. The van der Waals surface area contributed by atoms with Crippen molar-refractivity contribution in [3.8, 4) is 11.4 Å². The van der Waals surface area contributed by atoms with Gasteiger partial charge in [0.05, 0.1) is 0 Å². The van der Waals surface area contributed by atoms with Gasteiger partial charge in [-0.25, -0.2) is 4.39 Å². The molecule has 128 valence electrons. The Morgan fingerprint density at radius 3 is 2.60 bits per heavy atom. The smallest absolute Gasteiger partial charge is 0.246 e. The van der Waals surface area contributed by atoms with E-state index < -0.39 is 6.04 Å². The van der Waals surface area contributed by atoms with Crippen LogP contribution in [0.25, 0.3) is 11.4 Å². The van der Waals surface area contributed by atoms with E-state index in [0.29, 0.717) is 18.8 Å². The molecule has 0 radical (unpaired) electrons. The number of tetrazole rings is 1. The molecule has 0 aliphatic carbocycles. The first-order chi connectivity index (χ1) is 12.1. The fourth-order valence-corrected chi connectivity index (χ4v) is 2.33. The molecule has 6 nitrogen and oxygen atoms in total. The predicted molar refractivity (Wildman–Crippen MR) is 91.1 cm³/mol. The van der Waals surface area contributed by atoms with Gasteiger partial charge in [-0.1, -0.05) is 42.5 Å². The summed E-state index contributed by atoms with van der Waals surface area (Å²) in [5.74, 6) is 0.0126. The molecule has 25 heavy (non-hydrogen) atoms. The summed E-state index contributed by atoms with van der Waals surface area (Å²) in [5, 5.41) is 15.1. The van der Waals surface area contributed by atoms with E-state index in [2.05, 4.69) is 20.7 Å². The van der Waals surface area contributed by atoms with Gasteiger partial charge in [0.25, 0.3) is 0 Å². The van der Waals surface area contributed by atoms with Crippen LogP contribution >= 0.6 is 0 Å². The summed E-state index contributed by atoms with van der Waals surface area (Å²) in [6, 6.07) is 15.1. The molecule has 1 unspecified atom stereocenters. The Balaban J connectivity index is 1.55. The standard InChI is InChI=1S/C18H18FN5O/c1-13(18(25)20-12-11-14-7-9-16(19)10-8-14)24-22-17(21-23-24)15-5-3-2-4-6-15/h2-10,13H,11-12H2,1H3,(H,20,25). The van der Waals surface area contributed by atoms with Crippen LogP contribution in [0.4, 0.5) is 4.39 Å². The van der Waals surface area contributed by atoms with Crippen LogP contribution in [-0.2, 0) is 11.2 Å². The van der Waals surface area contributed by atoms with Gasteiger partial charge in [0.2, 0.25) is 11.7 Å². The van der Waals surface area contributed by atoms with Gasteiger partial charge in [0.15, 0.2) is 0 Å². The molecule has 1 heterocycles. The van der Waals surface area contributed by atoms with E-state index >= 15 is 0 Å². The van der Waals surface area contributed by atoms with E-state index in [9.17, 15) is 9.18 Å². The molecule has 1 N–H and O–H groups in total. The molecule has 1 aromatic heterocycles. The monoisotopic (exact) mass is 339 g/mol. The highest BCUT2D eigenvalue weighted by molar-refractivity contribution is 5.79. The van der Waals surface area contributed by atoms with Crippen molar-refractivity contribution >= 4 is 5.91 Å². The molecule has 0 aliphatic rings. The normalized spacial score (nSPS) is 11.9. The van der Waals surface area contributed by atoms with E-state index in [-0.39, 0.29) is 11.7 Å². The average Bonchev–Trinajstić information content (AvgIpc) is 3.13. The maximum atomic E-state index is 12.9. The van der Waals surface area contributed by atoms with Gasteiger partial charge in [0, 0.05) is 12.1 Å². The van der Waals surface area contributed by atoms with Crippen molar-refractivity contribution in [3.63, 3.8) is 0 Å². The molecule has 1 atom stereocenters. The zero-order valence-electron chi connectivity index (χ0n) is 13.8. The van der Waals surface area contributed by atoms with Crippen molar-refractivity contribution in [2.45, 2.75) is 19.4 Å². The lowest BCUT2D eigenvalue weighted by atomic mass is 10.1. The van der Waals surface area contributed by atoms with Crippen LogP contribution < -0.4 is 5.32 Å². The minimum Gasteiger partial charge on any atom is -0.354 e. The summed E-state index contributed by atoms with van der Waals surface area (Å²) >= 11 is 0. The van der Waals surface area contributed by atoms with Crippen molar-refractivity contribution in [2.75, 3.05) is 6.54 Å². The van der Waals surface area contributed by atoms with Gasteiger partial charge in [-0.2, -0.15) is 4.80 Å². The number of nitrogens with one attached hydrogen (secondary N) is 1. The van der Waals surface area contributed by atoms with Crippen LogP contribution in [0.1, 0.15) is 18.5 Å². The number of hydrogen-bond donors (Lipinski definition) is 1. The van der Waals surface area contributed by atoms with Crippen LogP contribution in [-0.4, -0.2) is 32.7 Å². The number of carbonyl (C=O) groups excluding carboxylic acids is 1. The van der Waals surface area contributed by atoms with Crippen LogP contribution in [0, 0.1) is 5.82 Å². The second-order valence-electron chi connectivity index (χ2n) is 5.64. The zero-order chi connectivity index (χ0) is 17.6. The molecule has 1 amide bonds. The molecule has 7 heteroatoms. The summed E-state index contributed by atoms with van der Waals surface area (Å²) in [5.41, 5.74) is 1.80. The maximum Gasteiger partial charge on any atom is 0.246 e. The Hall–Kier alpha value is -3.09. The van der Waals surface area contributed by atoms with Gasteiger partial charge in [-0.15, -0.1) is 10.2 Å². The molecular weight excluding hydrogens is 321 g/mol. The third kappa shape index (κ3) is 4.26. The van der Waals surface area contributed by atoms with E-state index in [1.807, 2.05) is 30.3 Å². The molecule has 3 aromatic rings. The molecule has 0 saturated heterocycles. The second kappa shape index (κ2) is 7.65. The third-order valence-electron chi connectivity index (χ3n) is 3.81. The number of hydrogen-bond acceptors (Lipinski definition) is 4. The van der Waals surface area contributed by atoms with Gasteiger partial charge >= 0.3 is 0 Å². The van der Waals surface area contributed by atoms with Crippen LogP contribution in [0.3, 0.4) is 0 Å². The minimum absolute atomic E-state index is 0.195. The SMILES string of the molecule is CC(C(=O)NCCc1ccc(F)cc1)n1nnc(-c2ccccc2)n1. The maximum absolute atomic E-state index is 12.9. The quantitative estimate of drug-likeness (QED) is 0.748. The molecule has 3 rings (SSSR count). The Labute approximate surface area is 144 Å². The highest BCUT2D eigenvalue weighted by Gasteiger charge is 2.18. The lowest BCUT2D eigenvalue weighted by Gasteiger charge is -2.10.